The quantitative estimate of drug-likeness (QED) is 0.930. The Balaban J connectivity index is 1.86. The summed E-state index contributed by atoms with van der Waals surface area (Å²) in [5.41, 5.74) is 2.15. The van der Waals surface area contributed by atoms with E-state index in [0.717, 1.165) is 16.0 Å². The van der Waals surface area contributed by atoms with Gasteiger partial charge in [-0.3, -0.25) is 9.59 Å². The monoisotopic (exact) mass is 343 g/mol. The van der Waals surface area contributed by atoms with Crippen molar-refractivity contribution in [3.63, 3.8) is 0 Å². The molecule has 0 aliphatic carbocycles. The lowest BCUT2D eigenvalue weighted by molar-refractivity contribution is -0.140. The van der Waals surface area contributed by atoms with Gasteiger partial charge in [-0.1, -0.05) is 29.8 Å². The maximum atomic E-state index is 12.8. The highest BCUT2D eigenvalue weighted by molar-refractivity contribution is 7.15. The Morgan fingerprint density at radius 3 is 2.62 bits per heavy atom. The van der Waals surface area contributed by atoms with Crippen LogP contribution in [-0.4, -0.2) is 28.7 Å². The molecular formula is C18H21N3O2S. The van der Waals surface area contributed by atoms with Gasteiger partial charge in [0.05, 0.1) is 12.0 Å². The van der Waals surface area contributed by atoms with Gasteiger partial charge in [0, 0.05) is 24.5 Å². The van der Waals surface area contributed by atoms with E-state index in [2.05, 4.69) is 10.3 Å². The van der Waals surface area contributed by atoms with Gasteiger partial charge in [-0.25, -0.2) is 4.98 Å². The number of nitrogens with zero attached hydrogens (tertiary/aromatic N) is 2. The van der Waals surface area contributed by atoms with Crippen molar-refractivity contribution < 1.29 is 9.59 Å². The number of hydrogen-bond acceptors (Lipinski definition) is 4. The van der Waals surface area contributed by atoms with Gasteiger partial charge in [-0.05, 0) is 25.8 Å². The Labute approximate surface area is 145 Å². The normalized spacial score (nSPS) is 21.0. The van der Waals surface area contributed by atoms with E-state index in [9.17, 15) is 9.59 Å². The summed E-state index contributed by atoms with van der Waals surface area (Å²) in [6.07, 6.45) is 2.69. The van der Waals surface area contributed by atoms with E-state index in [1.54, 1.807) is 18.1 Å². The average Bonchev–Trinajstić information content (AvgIpc) is 2.96. The van der Waals surface area contributed by atoms with Crippen LogP contribution in [0.3, 0.4) is 0 Å². The number of aryl methyl sites for hydroxylation is 2. The van der Waals surface area contributed by atoms with Crippen LogP contribution < -0.4 is 5.32 Å². The number of hydrogen-bond donors (Lipinski definition) is 1. The number of benzene rings is 1. The van der Waals surface area contributed by atoms with E-state index in [1.807, 2.05) is 38.1 Å². The molecule has 1 aliphatic rings. The first-order chi connectivity index (χ1) is 11.5. The zero-order valence-corrected chi connectivity index (χ0v) is 14.9. The van der Waals surface area contributed by atoms with Gasteiger partial charge in [-0.2, -0.15) is 0 Å². The third kappa shape index (κ3) is 3.33. The minimum atomic E-state index is -0.278. The molecule has 2 amide bonds. The van der Waals surface area contributed by atoms with E-state index < -0.39 is 0 Å². The minimum absolute atomic E-state index is 0.0747. The standard InChI is InChI=1S/C18H21N3O2S/c1-11-4-6-13(7-5-11)16-14(8-9-15(22)21(16)3)17(23)20-18-19-10-12(2)24-18/h4-7,10,14,16H,8-9H2,1-3H3,(H,19,20,23)/t14-,16+/m0/s1. The van der Waals surface area contributed by atoms with Crippen molar-refractivity contribution in [1.82, 2.24) is 9.88 Å². The smallest absolute Gasteiger partial charge is 0.231 e. The van der Waals surface area contributed by atoms with E-state index in [0.29, 0.717) is 18.0 Å². The zero-order chi connectivity index (χ0) is 17.3. The van der Waals surface area contributed by atoms with Gasteiger partial charge >= 0.3 is 0 Å². The van der Waals surface area contributed by atoms with Crippen molar-refractivity contribution in [2.24, 2.45) is 5.92 Å². The van der Waals surface area contributed by atoms with Crippen molar-refractivity contribution in [2.75, 3.05) is 12.4 Å². The highest BCUT2D eigenvalue weighted by atomic mass is 32.1. The molecule has 1 N–H and O–H groups in total. The van der Waals surface area contributed by atoms with Crippen LogP contribution in [-0.2, 0) is 9.59 Å². The number of amides is 2. The number of likely N-dealkylation sites (tertiary alicyclic amines) is 1. The highest BCUT2D eigenvalue weighted by Crippen LogP contribution is 2.36. The molecular weight excluding hydrogens is 322 g/mol. The van der Waals surface area contributed by atoms with Gasteiger partial charge < -0.3 is 10.2 Å². The molecule has 2 aromatic rings. The van der Waals surface area contributed by atoms with Crippen molar-refractivity contribution in [3.05, 3.63) is 46.5 Å². The van der Waals surface area contributed by atoms with E-state index >= 15 is 0 Å². The van der Waals surface area contributed by atoms with Gasteiger partial charge in [0.2, 0.25) is 11.8 Å². The molecule has 0 saturated carbocycles. The lowest BCUT2D eigenvalue weighted by atomic mass is 9.84. The van der Waals surface area contributed by atoms with Crippen LogP contribution in [0.15, 0.2) is 30.5 Å². The number of anilines is 1. The van der Waals surface area contributed by atoms with Crippen LogP contribution >= 0.6 is 11.3 Å². The van der Waals surface area contributed by atoms with Gasteiger partial charge in [0.15, 0.2) is 5.13 Å². The van der Waals surface area contributed by atoms with Crippen LogP contribution in [0.1, 0.15) is 34.9 Å². The number of carbonyl (C=O) groups is 2. The van der Waals surface area contributed by atoms with Crippen LogP contribution in [0, 0.1) is 19.8 Å². The number of piperidine rings is 1. The lowest BCUT2D eigenvalue weighted by Crippen LogP contribution is -2.44. The molecule has 0 spiro atoms. The summed E-state index contributed by atoms with van der Waals surface area (Å²) in [5.74, 6) is -0.274. The third-order valence-corrected chi connectivity index (χ3v) is 5.30. The Kier molecular flexibility index (Phi) is 4.66. The average molecular weight is 343 g/mol. The van der Waals surface area contributed by atoms with Crippen molar-refractivity contribution in [3.8, 4) is 0 Å². The number of carbonyl (C=O) groups excluding carboxylic acids is 2. The Bertz CT molecular complexity index is 754. The third-order valence-electron chi connectivity index (χ3n) is 4.47. The molecule has 5 nitrogen and oxygen atoms in total. The molecule has 0 unspecified atom stereocenters. The van der Waals surface area contributed by atoms with E-state index in [4.69, 9.17) is 0 Å². The first kappa shape index (κ1) is 16.6. The fourth-order valence-corrected chi connectivity index (χ4v) is 3.81. The SMILES string of the molecule is Cc1ccc([C@@H]2[C@@H](C(=O)Nc3ncc(C)s3)CCC(=O)N2C)cc1. The minimum Gasteiger partial charge on any atom is -0.338 e. The predicted molar refractivity (Wildman–Crippen MR) is 94.9 cm³/mol. The fraction of sp³-hybridized carbons (Fsp3) is 0.389. The lowest BCUT2D eigenvalue weighted by Gasteiger charge is -2.38. The summed E-state index contributed by atoms with van der Waals surface area (Å²) in [5, 5.41) is 3.52. The second-order valence-electron chi connectivity index (χ2n) is 6.27. The summed E-state index contributed by atoms with van der Waals surface area (Å²) < 4.78 is 0. The van der Waals surface area contributed by atoms with Crippen molar-refractivity contribution in [2.45, 2.75) is 32.7 Å². The van der Waals surface area contributed by atoms with Crippen molar-refractivity contribution >= 4 is 28.3 Å². The summed E-state index contributed by atoms with van der Waals surface area (Å²) in [6, 6.07) is 7.79. The Morgan fingerprint density at radius 2 is 2.00 bits per heavy atom. The number of rotatable bonds is 3. The Hall–Kier alpha value is -2.21. The topological polar surface area (TPSA) is 62.3 Å². The highest BCUT2D eigenvalue weighted by Gasteiger charge is 2.39. The number of aromatic nitrogens is 1. The summed E-state index contributed by atoms with van der Waals surface area (Å²) in [6.45, 7) is 3.98. The largest absolute Gasteiger partial charge is 0.338 e. The first-order valence-electron chi connectivity index (χ1n) is 8.01. The van der Waals surface area contributed by atoms with Crippen molar-refractivity contribution in [1.29, 1.82) is 0 Å². The van der Waals surface area contributed by atoms with Crippen LogP contribution in [0.5, 0.6) is 0 Å². The molecule has 1 saturated heterocycles. The number of thiazole rings is 1. The van der Waals surface area contributed by atoms with Gasteiger partial charge in [0.1, 0.15) is 0 Å². The molecule has 0 bridgehead atoms. The molecule has 6 heteroatoms. The summed E-state index contributed by atoms with van der Waals surface area (Å²) in [7, 11) is 1.78. The molecule has 2 atom stereocenters. The van der Waals surface area contributed by atoms with Gasteiger partial charge in [-0.15, -0.1) is 11.3 Å². The Morgan fingerprint density at radius 1 is 1.29 bits per heavy atom. The molecule has 1 aromatic heterocycles. The van der Waals surface area contributed by atoms with Crippen LogP contribution in [0.25, 0.3) is 0 Å². The van der Waals surface area contributed by atoms with E-state index in [-0.39, 0.29) is 23.8 Å². The molecule has 24 heavy (non-hydrogen) atoms. The van der Waals surface area contributed by atoms with Crippen LogP contribution in [0.2, 0.25) is 0 Å². The predicted octanol–water partition coefficient (Wildman–Crippen LogP) is 3.31. The van der Waals surface area contributed by atoms with Gasteiger partial charge in [0.25, 0.3) is 0 Å². The maximum Gasteiger partial charge on any atom is 0.231 e. The zero-order valence-electron chi connectivity index (χ0n) is 14.1. The maximum absolute atomic E-state index is 12.8. The molecule has 126 valence electrons. The molecule has 3 rings (SSSR count). The molecule has 1 aliphatic heterocycles. The second-order valence-corrected chi connectivity index (χ2v) is 7.51. The number of nitrogens with one attached hydrogen (secondary N) is 1. The fourth-order valence-electron chi connectivity index (χ4n) is 3.14. The van der Waals surface area contributed by atoms with E-state index in [1.165, 1.54) is 11.3 Å². The molecule has 0 radical (unpaired) electrons. The molecule has 1 aromatic carbocycles. The molecule has 1 fully saturated rings. The first-order valence-corrected chi connectivity index (χ1v) is 8.83. The summed E-state index contributed by atoms with van der Waals surface area (Å²) >= 11 is 1.46. The van der Waals surface area contributed by atoms with Crippen LogP contribution in [0.4, 0.5) is 5.13 Å². The summed E-state index contributed by atoms with van der Waals surface area (Å²) in [4.78, 5) is 31.9. The molecule has 2 heterocycles. The second kappa shape index (κ2) is 6.73.